The summed E-state index contributed by atoms with van der Waals surface area (Å²) in [4.78, 5) is 22.8. The van der Waals surface area contributed by atoms with Crippen molar-refractivity contribution in [2.45, 2.75) is 25.7 Å². The van der Waals surface area contributed by atoms with Gasteiger partial charge in [0.05, 0.1) is 6.10 Å². The van der Waals surface area contributed by atoms with Gasteiger partial charge in [-0.3, -0.25) is 14.5 Å². The van der Waals surface area contributed by atoms with Gasteiger partial charge in [0.1, 0.15) is 12.9 Å². The third-order valence-corrected chi connectivity index (χ3v) is 2.20. The van der Waals surface area contributed by atoms with Gasteiger partial charge < -0.3 is 15.2 Å². The maximum atomic E-state index is 12.5. The van der Waals surface area contributed by atoms with Gasteiger partial charge in [-0.1, -0.05) is 0 Å². The van der Waals surface area contributed by atoms with Crippen LogP contribution in [0.2, 0.25) is 0 Å². The van der Waals surface area contributed by atoms with Crippen molar-refractivity contribution in [1.82, 2.24) is 10.2 Å². The van der Waals surface area contributed by atoms with Crippen LogP contribution in [0.25, 0.3) is 0 Å². The lowest BCUT2D eigenvalue weighted by atomic mass is 10.3. The smallest absolute Gasteiger partial charge is 0.245 e. The van der Waals surface area contributed by atoms with Gasteiger partial charge in [-0.15, -0.1) is 0 Å². The zero-order chi connectivity index (χ0) is 14.0. The maximum Gasteiger partial charge on any atom is 0.245 e. The van der Waals surface area contributed by atoms with Crippen LogP contribution >= 0.6 is 0 Å². The molecular formula is C11H19FN2O4. The van der Waals surface area contributed by atoms with E-state index in [-0.39, 0.29) is 18.9 Å². The number of carbonyl (C=O) groups is 2. The second kappa shape index (κ2) is 9.55. The Kier molecular flexibility index (Phi) is 8.77. The Morgan fingerprint density at radius 3 is 2.72 bits per heavy atom. The summed E-state index contributed by atoms with van der Waals surface area (Å²) in [6.45, 7) is 0.593. The SMILES string of the molecule is CNC(=O)/C=C\N(C=O)C(C)OC(CF)CCO. The lowest BCUT2D eigenvalue weighted by molar-refractivity contribution is -0.132. The molecule has 0 heterocycles. The molecule has 0 aliphatic rings. The average Bonchev–Trinajstić information content (AvgIpc) is 2.38. The predicted molar refractivity (Wildman–Crippen MR) is 63.1 cm³/mol. The standard InChI is InChI=1S/C11H19FN2O4/c1-9(18-10(7-12)4-6-15)14(8-16)5-3-11(17)13-2/h3,5,8-10,15H,4,6-7H2,1-2H3,(H,13,17)/b5-3-. The Hall–Kier alpha value is -1.47. The van der Waals surface area contributed by atoms with E-state index in [1.807, 2.05) is 0 Å². The summed E-state index contributed by atoms with van der Waals surface area (Å²) < 4.78 is 17.8. The molecule has 0 aromatic heterocycles. The van der Waals surface area contributed by atoms with Crippen molar-refractivity contribution in [3.8, 4) is 0 Å². The van der Waals surface area contributed by atoms with Crippen LogP contribution in [0.15, 0.2) is 12.3 Å². The topological polar surface area (TPSA) is 78.9 Å². The predicted octanol–water partition coefficient (Wildman–Crippen LogP) is -0.212. The van der Waals surface area contributed by atoms with Crippen LogP contribution in [0, 0.1) is 0 Å². The lowest BCUT2D eigenvalue weighted by Gasteiger charge is -2.25. The largest absolute Gasteiger partial charge is 0.396 e. The van der Waals surface area contributed by atoms with E-state index < -0.39 is 19.0 Å². The number of halogens is 1. The van der Waals surface area contributed by atoms with E-state index >= 15 is 0 Å². The molecule has 2 amide bonds. The van der Waals surface area contributed by atoms with Crippen molar-refractivity contribution in [3.63, 3.8) is 0 Å². The first kappa shape index (κ1) is 16.5. The summed E-state index contributed by atoms with van der Waals surface area (Å²) in [5.41, 5.74) is 0. The number of amides is 2. The van der Waals surface area contributed by atoms with Crippen LogP contribution in [-0.4, -0.2) is 55.0 Å². The molecule has 0 aromatic rings. The molecule has 0 aliphatic carbocycles. The zero-order valence-electron chi connectivity index (χ0n) is 10.5. The van der Waals surface area contributed by atoms with Crippen molar-refractivity contribution < 1.29 is 23.8 Å². The summed E-state index contributed by atoms with van der Waals surface area (Å²) >= 11 is 0. The fourth-order valence-electron chi connectivity index (χ4n) is 1.15. The van der Waals surface area contributed by atoms with Gasteiger partial charge in [0.2, 0.25) is 12.3 Å². The van der Waals surface area contributed by atoms with E-state index in [0.717, 1.165) is 11.0 Å². The number of rotatable bonds is 9. The highest BCUT2D eigenvalue weighted by atomic mass is 19.1. The first-order valence-corrected chi connectivity index (χ1v) is 5.54. The molecule has 0 spiro atoms. The fraction of sp³-hybridized carbons (Fsp3) is 0.636. The van der Waals surface area contributed by atoms with Crippen molar-refractivity contribution in [1.29, 1.82) is 0 Å². The van der Waals surface area contributed by atoms with Gasteiger partial charge in [-0.2, -0.15) is 0 Å². The van der Waals surface area contributed by atoms with E-state index in [4.69, 9.17) is 9.84 Å². The van der Waals surface area contributed by atoms with E-state index in [1.165, 1.54) is 13.2 Å². The van der Waals surface area contributed by atoms with Crippen molar-refractivity contribution >= 4 is 12.3 Å². The minimum atomic E-state index is -0.777. The molecule has 104 valence electrons. The summed E-state index contributed by atoms with van der Waals surface area (Å²) in [5, 5.41) is 11.0. The minimum absolute atomic E-state index is 0.146. The Balaban J connectivity index is 4.41. The van der Waals surface area contributed by atoms with Gasteiger partial charge in [0.15, 0.2) is 0 Å². The molecule has 0 rings (SSSR count). The number of hydrogen-bond acceptors (Lipinski definition) is 4. The Bertz CT molecular complexity index is 286. The van der Waals surface area contributed by atoms with Crippen LogP contribution in [0.1, 0.15) is 13.3 Å². The average molecular weight is 262 g/mol. The van der Waals surface area contributed by atoms with E-state index in [1.54, 1.807) is 6.92 Å². The van der Waals surface area contributed by atoms with Crippen molar-refractivity contribution in [3.05, 3.63) is 12.3 Å². The molecule has 0 aromatic carbocycles. The zero-order valence-corrected chi connectivity index (χ0v) is 10.5. The second-order valence-electron chi connectivity index (χ2n) is 3.51. The molecule has 0 fully saturated rings. The highest BCUT2D eigenvalue weighted by Crippen LogP contribution is 2.07. The normalized spacial score (nSPS) is 14.2. The molecule has 2 unspecified atom stereocenters. The quantitative estimate of drug-likeness (QED) is 0.342. The number of ether oxygens (including phenoxy) is 1. The van der Waals surface area contributed by atoms with Gasteiger partial charge in [0, 0.05) is 25.9 Å². The van der Waals surface area contributed by atoms with Gasteiger partial charge >= 0.3 is 0 Å². The molecule has 0 aliphatic heterocycles. The number of aliphatic hydroxyl groups is 1. The number of aliphatic hydroxyl groups excluding tert-OH is 1. The van der Waals surface area contributed by atoms with Gasteiger partial charge in [0.25, 0.3) is 0 Å². The van der Waals surface area contributed by atoms with Crippen molar-refractivity contribution in [2.24, 2.45) is 0 Å². The molecule has 2 atom stereocenters. The van der Waals surface area contributed by atoms with Crippen molar-refractivity contribution in [2.75, 3.05) is 20.3 Å². The molecule has 0 saturated heterocycles. The van der Waals surface area contributed by atoms with Crippen LogP contribution in [0.3, 0.4) is 0 Å². The van der Waals surface area contributed by atoms with Gasteiger partial charge in [-0.05, 0) is 13.3 Å². The number of nitrogens with one attached hydrogen (secondary N) is 1. The molecule has 7 heteroatoms. The van der Waals surface area contributed by atoms with E-state index in [2.05, 4.69) is 5.32 Å². The second-order valence-corrected chi connectivity index (χ2v) is 3.51. The van der Waals surface area contributed by atoms with Crippen LogP contribution < -0.4 is 5.32 Å². The third-order valence-electron chi connectivity index (χ3n) is 2.20. The molecule has 0 bridgehead atoms. The van der Waals surface area contributed by atoms with Gasteiger partial charge in [-0.25, -0.2) is 4.39 Å². The van der Waals surface area contributed by atoms with E-state index in [9.17, 15) is 14.0 Å². The highest BCUT2D eigenvalue weighted by Gasteiger charge is 2.16. The number of likely N-dealkylation sites (N-methyl/N-ethyl adjacent to an activating group) is 1. The number of carbonyl (C=O) groups excluding carboxylic acids is 2. The highest BCUT2D eigenvalue weighted by molar-refractivity contribution is 5.87. The minimum Gasteiger partial charge on any atom is -0.396 e. The Morgan fingerprint density at radius 2 is 2.28 bits per heavy atom. The summed E-state index contributed by atoms with van der Waals surface area (Å²) in [6.07, 6.45) is 1.51. The van der Waals surface area contributed by atoms with Crippen LogP contribution in [0.4, 0.5) is 4.39 Å². The summed E-state index contributed by atoms with van der Waals surface area (Å²) in [5.74, 6) is -0.369. The number of hydrogen-bond donors (Lipinski definition) is 2. The summed E-state index contributed by atoms with van der Waals surface area (Å²) in [6, 6.07) is 0. The third kappa shape index (κ3) is 6.31. The molecule has 2 N–H and O–H groups in total. The molecule has 6 nitrogen and oxygen atoms in total. The first-order chi connectivity index (χ1) is 8.58. The fourth-order valence-corrected chi connectivity index (χ4v) is 1.15. The monoisotopic (exact) mass is 262 g/mol. The molecular weight excluding hydrogens is 243 g/mol. The molecule has 0 saturated carbocycles. The van der Waals surface area contributed by atoms with Crippen LogP contribution in [0.5, 0.6) is 0 Å². The first-order valence-electron chi connectivity index (χ1n) is 5.54. The van der Waals surface area contributed by atoms with Crippen LogP contribution in [-0.2, 0) is 14.3 Å². The Labute approximate surface area is 105 Å². The van der Waals surface area contributed by atoms with E-state index in [0.29, 0.717) is 6.41 Å². The molecule has 18 heavy (non-hydrogen) atoms. The maximum absolute atomic E-state index is 12.5. The lowest BCUT2D eigenvalue weighted by Crippen LogP contribution is -2.34. The Morgan fingerprint density at radius 1 is 1.61 bits per heavy atom. The molecule has 0 radical (unpaired) electrons. The summed E-state index contributed by atoms with van der Waals surface area (Å²) in [7, 11) is 1.46. The number of nitrogens with zero attached hydrogens (tertiary/aromatic N) is 1. The number of alkyl halides is 1.